The quantitative estimate of drug-likeness (QED) is 0.0555. The minimum atomic E-state index is -3.34. The van der Waals surface area contributed by atoms with Crippen molar-refractivity contribution in [3.63, 3.8) is 0 Å². The summed E-state index contributed by atoms with van der Waals surface area (Å²) in [5.74, 6) is 4.52. The molecule has 0 saturated carbocycles. The third-order valence-corrected chi connectivity index (χ3v) is 17.1. The van der Waals surface area contributed by atoms with Crippen molar-refractivity contribution >= 4 is 86.0 Å². The number of benzene rings is 1. The van der Waals surface area contributed by atoms with Gasteiger partial charge >= 0.3 is 0 Å². The zero-order chi connectivity index (χ0) is 63.3. The van der Waals surface area contributed by atoms with Crippen LogP contribution in [0.2, 0.25) is 15.5 Å². The lowest BCUT2D eigenvalue weighted by Crippen LogP contribution is -2.31. The monoisotopic (exact) mass is 1280 g/mol. The average Bonchev–Trinajstić information content (AvgIpc) is 2.85. The summed E-state index contributed by atoms with van der Waals surface area (Å²) in [4.78, 5) is 58.1. The van der Waals surface area contributed by atoms with Crippen molar-refractivity contribution in [2.45, 2.75) is 85.5 Å². The van der Waals surface area contributed by atoms with Gasteiger partial charge in [-0.1, -0.05) is 53.0 Å². The van der Waals surface area contributed by atoms with Gasteiger partial charge in [0.2, 0.25) is 27.9 Å². The molecular weight excluding hydrogens is 1210 g/mol. The zero-order valence-electron chi connectivity index (χ0n) is 50.4. The second-order valence-corrected chi connectivity index (χ2v) is 24.5. The molecular formula is C59H70Cl3N19O6S. The number of anilines is 6. The van der Waals surface area contributed by atoms with E-state index in [9.17, 15) is 13.2 Å². The number of nitrogens with zero attached hydrogens (tertiary/aromatic N) is 14. The summed E-state index contributed by atoms with van der Waals surface area (Å²) in [6.45, 7) is 16.5. The third-order valence-electron chi connectivity index (χ3n) is 15.5. The van der Waals surface area contributed by atoms with E-state index in [2.05, 4.69) is 69.8 Å². The van der Waals surface area contributed by atoms with Gasteiger partial charge in [-0.15, -0.1) is 0 Å². The molecule has 3 aliphatic heterocycles. The van der Waals surface area contributed by atoms with Crippen molar-refractivity contribution < 1.29 is 27.4 Å². The van der Waals surface area contributed by atoms with Gasteiger partial charge in [-0.25, -0.2) is 28.1 Å². The van der Waals surface area contributed by atoms with E-state index in [-0.39, 0.29) is 53.2 Å². The maximum atomic E-state index is 12.5. The molecule has 1 aromatic carbocycles. The number of nitrogens with one attached hydrogen (secondary N) is 2. The van der Waals surface area contributed by atoms with Gasteiger partial charge in [0, 0.05) is 144 Å². The maximum absolute atomic E-state index is 12.5. The van der Waals surface area contributed by atoms with Crippen LogP contribution >= 0.6 is 34.8 Å². The van der Waals surface area contributed by atoms with E-state index < -0.39 is 10.0 Å². The number of nitrogen functional groups attached to an aromatic ring is 3. The van der Waals surface area contributed by atoms with Gasteiger partial charge < -0.3 is 51.4 Å². The van der Waals surface area contributed by atoms with Crippen molar-refractivity contribution in [1.82, 2.24) is 64.7 Å². The molecule has 8 aromatic rings. The zero-order valence-corrected chi connectivity index (χ0v) is 53.5. The Labute approximate surface area is 525 Å². The third kappa shape index (κ3) is 14.3. The molecule has 25 nitrogen and oxygen atoms in total. The number of carbonyl (C=O) groups excluding carboxylic acids is 1. The number of amides is 1. The number of nitrogens with two attached hydrogens (primary N) is 3. The number of hydrogen-bond donors (Lipinski definition) is 5. The molecule has 464 valence electrons. The van der Waals surface area contributed by atoms with Crippen LogP contribution in [0, 0.1) is 41.5 Å². The first-order valence-electron chi connectivity index (χ1n) is 27.9. The molecule has 29 heteroatoms. The topological polar surface area (TPSA) is 325 Å². The summed E-state index contributed by atoms with van der Waals surface area (Å²) in [5.41, 5.74) is 29.1. The highest BCUT2D eigenvalue weighted by Crippen LogP contribution is 2.44. The van der Waals surface area contributed by atoms with Crippen molar-refractivity contribution in [2.75, 3.05) is 92.2 Å². The highest BCUT2D eigenvalue weighted by molar-refractivity contribution is 7.88. The number of ether oxygens (including phenoxy) is 3. The number of aryl methyl sites for hydroxylation is 3. The van der Waals surface area contributed by atoms with E-state index in [4.69, 9.17) is 66.2 Å². The predicted octanol–water partition coefficient (Wildman–Crippen LogP) is 7.39. The Morgan fingerprint density at radius 2 is 0.966 bits per heavy atom. The number of halogens is 3. The summed E-state index contributed by atoms with van der Waals surface area (Å²) in [5, 5.41) is 8.25. The van der Waals surface area contributed by atoms with Crippen molar-refractivity contribution in [1.29, 1.82) is 0 Å². The Kier molecular flexibility index (Phi) is 19.9. The molecule has 11 rings (SSSR count). The van der Waals surface area contributed by atoms with Crippen molar-refractivity contribution in [3.05, 3.63) is 156 Å². The molecule has 8 N–H and O–H groups in total. The first kappa shape index (κ1) is 64.1. The highest BCUT2D eigenvalue weighted by atomic mass is 35.5. The average molecular weight is 1280 g/mol. The Morgan fingerprint density at radius 3 is 1.34 bits per heavy atom. The van der Waals surface area contributed by atoms with Gasteiger partial charge in [-0.3, -0.25) is 24.4 Å². The van der Waals surface area contributed by atoms with E-state index in [1.165, 1.54) is 0 Å². The van der Waals surface area contributed by atoms with Crippen LogP contribution in [-0.2, 0) is 36.2 Å². The summed E-state index contributed by atoms with van der Waals surface area (Å²) >= 11 is 19.2. The molecule has 0 aliphatic carbocycles. The van der Waals surface area contributed by atoms with Gasteiger partial charge in [0.25, 0.3) is 5.91 Å². The van der Waals surface area contributed by atoms with Crippen LogP contribution in [-0.4, -0.2) is 129 Å². The maximum Gasteiger partial charge on any atom is 0.251 e. The van der Waals surface area contributed by atoms with Gasteiger partial charge in [0.1, 0.15) is 50.2 Å². The van der Waals surface area contributed by atoms with E-state index in [1.807, 2.05) is 87.8 Å². The van der Waals surface area contributed by atoms with Gasteiger partial charge in [-0.05, 0) is 59.7 Å². The Morgan fingerprint density at radius 1 is 0.580 bits per heavy atom. The highest BCUT2D eigenvalue weighted by Gasteiger charge is 2.38. The second-order valence-electron chi connectivity index (χ2n) is 21.6. The molecule has 0 saturated heterocycles. The van der Waals surface area contributed by atoms with Crippen LogP contribution in [0.25, 0.3) is 0 Å². The van der Waals surface area contributed by atoms with Gasteiger partial charge in [-0.2, -0.15) is 20.1 Å². The molecule has 3 atom stereocenters. The molecule has 1 amide bonds. The molecule has 7 aromatic heterocycles. The van der Waals surface area contributed by atoms with E-state index in [1.54, 1.807) is 52.1 Å². The lowest BCUT2D eigenvalue weighted by atomic mass is 10.0. The molecule has 0 radical (unpaired) electrons. The fourth-order valence-corrected chi connectivity index (χ4v) is 12.9. The Bertz CT molecular complexity index is 3980. The number of aromatic nitrogens is 11. The SMILES string of the molecule is COc1c(C)cnc(CN2CC(CNC(=O)c3ccccc3)c3c(Cl)nc(N)nc32)c1C.COc1c(C)cnc(CN2CC(CNS(C)(=O)=O)c3c(Cl)nc(N)nc32)c1C.COc1c(C)cnc(CN2CC(Cn3cccn3)c3c(Cl)nc(N)nc32)c1C. The van der Waals surface area contributed by atoms with Gasteiger partial charge in [0.15, 0.2) is 0 Å². The minimum Gasteiger partial charge on any atom is -0.496 e. The summed E-state index contributed by atoms with van der Waals surface area (Å²) in [6.07, 6.45) is 10.2. The molecule has 0 bridgehead atoms. The lowest BCUT2D eigenvalue weighted by Gasteiger charge is -2.21. The van der Waals surface area contributed by atoms with Crippen molar-refractivity contribution in [3.8, 4) is 17.2 Å². The normalized spacial score (nSPS) is 15.6. The van der Waals surface area contributed by atoms with Crippen LogP contribution < -0.4 is 56.2 Å². The van der Waals surface area contributed by atoms with Crippen LogP contribution in [0.5, 0.6) is 17.2 Å². The summed E-state index contributed by atoms with van der Waals surface area (Å²) < 4.78 is 44.0. The molecule has 10 heterocycles. The van der Waals surface area contributed by atoms with E-state index in [0.29, 0.717) is 78.9 Å². The smallest absolute Gasteiger partial charge is 0.251 e. The Hall–Kier alpha value is -8.43. The number of hydrogen-bond acceptors (Lipinski definition) is 22. The second kappa shape index (κ2) is 27.3. The van der Waals surface area contributed by atoms with Gasteiger partial charge in [0.05, 0.1) is 64.3 Å². The van der Waals surface area contributed by atoms with E-state index in [0.717, 1.165) is 97.5 Å². The van der Waals surface area contributed by atoms with Crippen molar-refractivity contribution in [2.24, 2.45) is 0 Å². The largest absolute Gasteiger partial charge is 0.496 e. The number of fused-ring (bicyclic) bond motifs is 3. The predicted molar refractivity (Wildman–Crippen MR) is 340 cm³/mol. The number of sulfonamides is 1. The lowest BCUT2D eigenvalue weighted by molar-refractivity contribution is 0.0951. The number of pyridine rings is 3. The number of carbonyl (C=O) groups is 1. The molecule has 0 fully saturated rings. The first-order valence-corrected chi connectivity index (χ1v) is 31.0. The van der Waals surface area contributed by atoms with Crippen LogP contribution in [0.1, 0.15) is 95.3 Å². The standard InChI is InChI=1S/C23H25ClN6O2.C19H22ClN7O.C17H23ClN6O3S/c1-13-9-26-17(14(2)19(13)32-3)12-30-11-16(18-20(24)28-23(25)29-21(18)30)10-27-22(31)15-7-5-4-6-8-15;1-11-7-22-14(12(2)16(11)28-3)10-26-8-13(9-27-6-4-5-23-27)15-17(20)24-19(21)25-18(15)26;1-9-5-20-12(10(2)14(9)27-3)8-24-7-11(6-21-28(4,25)26)13-15(18)22-17(19)23-16(13)24/h4-9,16H,10-12H2,1-3H3,(H,27,31)(H2,25,28,29);4-7,13H,8-10H2,1-3H3,(H2,21,24,25);5,11,21H,6-8H2,1-4H3,(H2,19,22,23). The fraction of sp³-hybridized carbons (Fsp3) is 0.373. The van der Waals surface area contributed by atoms with Crippen LogP contribution in [0.4, 0.5) is 35.3 Å². The number of rotatable bonds is 17. The Balaban J connectivity index is 0.000000158. The summed E-state index contributed by atoms with van der Waals surface area (Å²) in [6, 6.07) is 11.0. The molecule has 3 unspecified atom stereocenters. The summed E-state index contributed by atoms with van der Waals surface area (Å²) in [7, 11) is 1.63. The van der Waals surface area contributed by atoms with E-state index >= 15 is 0 Å². The fourth-order valence-electron chi connectivity index (χ4n) is 11.4. The van der Waals surface area contributed by atoms with Crippen LogP contribution in [0.3, 0.4) is 0 Å². The molecule has 0 spiro atoms. The number of methoxy groups -OCH3 is 3. The van der Waals surface area contributed by atoms with Crippen LogP contribution in [0.15, 0.2) is 67.4 Å². The molecule has 88 heavy (non-hydrogen) atoms. The minimum absolute atomic E-state index is 0.0663. The first-order chi connectivity index (χ1) is 42.0. The molecule has 3 aliphatic rings.